The first-order valence-corrected chi connectivity index (χ1v) is 7.50. The monoisotopic (exact) mass is 312 g/mol. The average Bonchev–Trinajstić information content (AvgIpc) is 2.35. The molecule has 0 aromatic heterocycles. The number of halogens is 3. The van der Waals surface area contributed by atoms with E-state index in [1.807, 2.05) is 11.6 Å². The summed E-state index contributed by atoms with van der Waals surface area (Å²) in [5, 5.41) is 3.33. The lowest BCUT2D eigenvalue weighted by Gasteiger charge is -2.09. The molecule has 0 atom stereocenters. The van der Waals surface area contributed by atoms with Gasteiger partial charge in [0.05, 0.1) is 11.4 Å². The summed E-state index contributed by atoms with van der Waals surface area (Å²) < 4.78 is 49.2. The van der Waals surface area contributed by atoms with Gasteiger partial charge in [0, 0.05) is 11.6 Å². The number of hydrogen-bond donors (Lipinski definition) is 2. The van der Waals surface area contributed by atoms with E-state index in [1.165, 1.54) is 12.1 Å². The number of benzene rings is 1. The number of sulfonamides is 1. The third kappa shape index (κ3) is 5.02. The number of hydrogen-bond acceptors (Lipinski definition) is 3. The van der Waals surface area contributed by atoms with Crippen LogP contribution in [0.15, 0.2) is 23.1 Å². The molecule has 0 bridgehead atoms. The molecule has 1 aromatic carbocycles. The molecule has 0 saturated carbocycles. The van der Waals surface area contributed by atoms with Crippen LogP contribution in [0, 0.1) is 0 Å². The van der Waals surface area contributed by atoms with Crippen molar-refractivity contribution in [2.45, 2.75) is 24.8 Å². The van der Waals surface area contributed by atoms with Crippen LogP contribution in [0.3, 0.4) is 0 Å². The molecule has 8 heteroatoms. The van der Waals surface area contributed by atoms with Crippen molar-refractivity contribution >= 4 is 21.6 Å². The molecular weight excluding hydrogens is 298 g/mol. The Kier molecular flexibility index (Phi) is 6.12. The Bertz CT molecular complexity index is 523. The van der Waals surface area contributed by atoms with E-state index in [0.29, 0.717) is 6.54 Å². The molecule has 0 saturated heterocycles. The lowest BCUT2D eigenvalue weighted by Crippen LogP contribution is -2.28. The van der Waals surface area contributed by atoms with Crippen LogP contribution >= 0.6 is 11.6 Å². The molecule has 0 unspecified atom stereocenters. The van der Waals surface area contributed by atoms with E-state index in [2.05, 4.69) is 5.32 Å². The van der Waals surface area contributed by atoms with Gasteiger partial charge in [-0.2, -0.15) is 0 Å². The minimum absolute atomic E-state index is 0.126. The van der Waals surface area contributed by atoms with Gasteiger partial charge in [0.1, 0.15) is 0 Å². The Morgan fingerprint density at radius 2 is 2.05 bits per heavy atom. The lowest BCUT2D eigenvalue weighted by atomic mass is 10.2. The van der Waals surface area contributed by atoms with E-state index in [1.54, 1.807) is 6.07 Å². The van der Waals surface area contributed by atoms with E-state index in [0.717, 1.165) is 12.1 Å². The third-order valence-corrected chi connectivity index (χ3v) is 4.10. The highest BCUT2D eigenvalue weighted by Gasteiger charge is 2.17. The number of nitrogens with one attached hydrogen (secondary N) is 2. The van der Waals surface area contributed by atoms with E-state index >= 15 is 0 Å². The number of rotatable bonds is 7. The van der Waals surface area contributed by atoms with Crippen molar-refractivity contribution in [1.29, 1.82) is 0 Å². The van der Waals surface area contributed by atoms with Gasteiger partial charge in [0.25, 0.3) is 6.43 Å². The van der Waals surface area contributed by atoms with Gasteiger partial charge in [-0.15, -0.1) is 0 Å². The summed E-state index contributed by atoms with van der Waals surface area (Å²) >= 11 is 5.95. The van der Waals surface area contributed by atoms with Crippen molar-refractivity contribution < 1.29 is 17.2 Å². The van der Waals surface area contributed by atoms with Gasteiger partial charge in [-0.05, 0) is 24.2 Å². The van der Waals surface area contributed by atoms with E-state index in [-0.39, 0.29) is 9.92 Å². The molecule has 0 aliphatic carbocycles. The first kappa shape index (κ1) is 16.3. The molecule has 19 heavy (non-hydrogen) atoms. The Morgan fingerprint density at radius 1 is 1.37 bits per heavy atom. The third-order valence-electron chi connectivity index (χ3n) is 2.33. The Hall–Kier alpha value is -0.760. The average molecular weight is 313 g/mol. The fourth-order valence-corrected chi connectivity index (χ4v) is 2.70. The highest BCUT2D eigenvalue weighted by Crippen LogP contribution is 2.20. The molecule has 0 heterocycles. The molecule has 0 amide bonds. The standard InChI is InChI=1S/C11H15ClF2N2O2S/c1-2-15-6-8-3-4-9(5-10(8)12)19(17,18)16-7-11(13)14/h3-5,11,15-16H,2,6-7H2,1H3. The largest absolute Gasteiger partial charge is 0.313 e. The van der Waals surface area contributed by atoms with E-state index in [9.17, 15) is 17.2 Å². The molecule has 1 aromatic rings. The van der Waals surface area contributed by atoms with Gasteiger partial charge in [-0.25, -0.2) is 21.9 Å². The van der Waals surface area contributed by atoms with Crippen LogP contribution in [0.1, 0.15) is 12.5 Å². The summed E-state index contributed by atoms with van der Waals surface area (Å²) in [5.74, 6) is 0. The van der Waals surface area contributed by atoms with Crippen LogP contribution in [0.5, 0.6) is 0 Å². The maximum Gasteiger partial charge on any atom is 0.251 e. The zero-order chi connectivity index (χ0) is 14.5. The van der Waals surface area contributed by atoms with Crippen molar-refractivity contribution in [2.24, 2.45) is 0 Å². The zero-order valence-electron chi connectivity index (χ0n) is 10.3. The second kappa shape index (κ2) is 7.14. The fraction of sp³-hybridized carbons (Fsp3) is 0.455. The summed E-state index contributed by atoms with van der Waals surface area (Å²) in [5.41, 5.74) is 0.747. The van der Waals surface area contributed by atoms with Gasteiger partial charge in [0.2, 0.25) is 10.0 Å². The summed E-state index contributed by atoms with van der Waals surface area (Å²) in [4.78, 5) is -0.126. The molecule has 4 nitrogen and oxygen atoms in total. The summed E-state index contributed by atoms with van der Waals surface area (Å²) in [6, 6.07) is 4.15. The maximum atomic E-state index is 12.0. The lowest BCUT2D eigenvalue weighted by molar-refractivity contribution is 0.153. The quantitative estimate of drug-likeness (QED) is 0.809. The summed E-state index contributed by atoms with van der Waals surface area (Å²) in [6.07, 6.45) is -2.74. The van der Waals surface area contributed by atoms with Crippen LogP contribution in [0.2, 0.25) is 5.02 Å². The van der Waals surface area contributed by atoms with Crippen molar-refractivity contribution in [3.05, 3.63) is 28.8 Å². The zero-order valence-corrected chi connectivity index (χ0v) is 11.9. The summed E-state index contributed by atoms with van der Waals surface area (Å²) in [6.45, 7) is 2.28. The van der Waals surface area contributed by atoms with Crippen LogP contribution in [0.4, 0.5) is 8.78 Å². The van der Waals surface area contributed by atoms with Gasteiger partial charge >= 0.3 is 0 Å². The maximum absolute atomic E-state index is 12.0. The van der Waals surface area contributed by atoms with Crippen molar-refractivity contribution in [3.63, 3.8) is 0 Å². The Morgan fingerprint density at radius 3 is 2.58 bits per heavy atom. The predicted molar refractivity (Wildman–Crippen MR) is 70.0 cm³/mol. The van der Waals surface area contributed by atoms with E-state index < -0.39 is 23.0 Å². The first-order valence-electron chi connectivity index (χ1n) is 5.63. The Balaban J connectivity index is 2.87. The molecule has 2 N–H and O–H groups in total. The second-order valence-electron chi connectivity index (χ2n) is 3.78. The fourth-order valence-electron chi connectivity index (χ4n) is 1.35. The highest BCUT2D eigenvalue weighted by atomic mass is 35.5. The van der Waals surface area contributed by atoms with Crippen molar-refractivity contribution in [2.75, 3.05) is 13.1 Å². The van der Waals surface area contributed by atoms with E-state index in [4.69, 9.17) is 11.6 Å². The SMILES string of the molecule is CCNCc1ccc(S(=O)(=O)NCC(F)F)cc1Cl. The minimum Gasteiger partial charge on any atom is -0.313 e. The highest BCUT2D eigenvalue weighted by molar-refractivity contribution is 7.89. The normalized spacial score (nSPS) is 12.1. The van der Waals surface area contributed by atoms with Crippen LogP contribution in [-0.4, -0.2) is 27.9 Å². The molecule has 0 radical (unpaired) electrons. The molecule has 108 valence electrons. The van der Waals surface area contributed by atoms with Gasteiger partial charge in [-0.1, -0.05) is 24.6 Å². The first-order chi connectivity index (χ1) is 8.86. The Labute approximate surface area is 116 Å². The molecule has 1 rings (SSSR count). The van der Waals surface area contributed by atoms with Crippen LogP contribution in [0.25, 0.3) is 0 Å². The summed E-state index contributed by atoms with van der Waals surface area (Å²) in [7, 11) is -3.95. The van der Waals surface area contributed by atoms with Crippen molar-refractivity contribution in [3.8, 4) is 0 Å². The van der Waals surface area contributed by atoms with Gasteiger partial charge in [-0.3, -0.25) is 0 Å². The molecule has 0 aliphatic heterocycles. The molecule has 0 aliphatic rings. The van der Waals surface area contributed by atoms with Crippen molar-refractivity contribution in [1.82, 2.24) is 10.0 Å². The molecule has 0 fully saturated rings. The van der Waals surface area contributed by atoms with Gasteiger partial charge in [0.15, 0.2) is 0 Å². The van der Waals surface area contributed by atoms with Gasteiger partial charge < -0.3 is 5.32 Å². The van der Waals surface area contributed by atoms with Crippen LogP contribution < -0.4 is 10.0 Å². The second-order valence-corrected chi connectivity index (χ2v) is 5.95. The number of alkyl halides is 2. The van der Waals surface area contributed by atoms with Crippen LogP contribution in [-0.2, 0) is 16.6 Å². The smallest absolute Gasteiger partial charge is 0.251 e. The minimum atomic E-state index is -3.95. The molecule has 0 spiro atoms. The predicted octanol–water partition coefficient (Wildman–Crippen LogP) is 1.99. The topological polar surface area (TPSA) is 58.2 Å². The molecular formula is C11H15ClF2N2O2S.